The number of halogens is 3. The van der Waals surface area contributed by atoms with Gasteiger partial charge in [-0.05, 0) is 37.1 Å². The first-order valence-electron chi connectivity index (χ1n) is 4.56. The third-order valence-electron chi connectivity index (χ3n) is 1.80. The molecule has 0 aliphatic heterocycles. The van der Waals surface area contributed by atoms with Crippen LogP contribution in [0.2, 0.25) is 0 Å². The molecule has 1 aromatic rings. The van der Waals surface area contributed by atoms with Crippen LogP contribution >= 0.6 is 0 Å². The van der Waals surface area contributed by atoms with Crippen LogP contribution in [0.4, 0.5) is 13.2 Å². The Morgan fingerprint density at radius 2 is 2.00 bits per heavy atom. The SMILES string of the molecule is NCCCc1cccc(OC(F)(F)F)c1. The van der Waals surface area contributed by atoms with Crippen molar-refractivity contribution in [2.24, 2.45) is 5.73 Å². The second-order valence-electron chi connectivity index (χ2n) is 3.09. The highest BCUT2D eigenvalue weighted by atomic mass is 19.4. The first kappa shape index (κ1) is 11.8. The minimum absolute atomic E-state index is 0.183. The van der Waals surface area contributed by atoms with Gasteiger partial charge in [-0.15, -0.1) is 13.2 Å². The molecular weight excluding hydrogens is 207 g/mol. The lowest BCUT2D eigenvalue weighted by Crippen LogP contribution is -2.17. The Hall–Kier alpha value is -1.23. The predicted octanol–water partition coefficient (Wildman–Crippen LogP) is 2.48. The number of hydrogen-bond donors (Lipinski definition) is 1. The molecule has 2 N–H and O–H groups in total. The van der Waals surface area contributed by atoms with E-state index in [1.807, 2.05) is 0 Å². The van der Waals surface area contributed by atoms with Crippen LogP contribution in [0.3, 0.4) is 0 Å². The summed E-state index contributed by atoms with van der Waals surface area (Å²) in [7, 11) is 0. The highest BCUT2D eigenvalue weighted by Crippen LogP contribution is 2.23. The normalized spacial score (nSPS) is 11.5. The molecule has 0 aliphatic carbocycles. The zero-order chi connectivity index (χ0) is 11.3. The third-order valence-corrected chi connectivity index (χ3v) is 1.80. The zero-order valence-corrected chi connectivity index (χ0v) is 8.05. The van der Waals surface area contributed by atoms with E-state index in [-0.39, 0.29) is 5.75 Å². The van der Waals surface area contributed by atoms with Crippen LogP contribution in [-0.4, -0.2) is 12.9 Å². The Bertz CT molecular complexity index is 312. The number of aryl methyl sites for hydroxylation is 1. The Morgan fingerprint density at radius 3 is 2.60 bits per heavy atom. The van der Waals surface area contributed by atoms with Gasteiger partial charge in [0.2, 0.25) is 0 Å². The van der Waals surface area contributed by atoms with E-state index in [0.29, 0.717) is 13.0 Å². The number of rotatable bonds is 4. The molecule has 5 heteroatoms. The summed E-state index contributed by atoms with van der Waals surface area (Å²) in [6.07, 6.45) is -3.23. The maximum absolute atomic E-state index is 11.9. The average molecular weight is 219 g/mol. The van der Waals surface area contributed by atoms with E-state index in [1.54, 1.807) is 6.07 Å². The van der Waals surface area contributed by atoms with Crippen LogP contribution < -0.4 is 10.5 Å². The molecule has 0 saturated carbocycles. The van der Waals surface area contributed by atoms with Crippen molar-refractivity contribution >= 4 is 0 Å². The molecule has 15 heavy (non-hydrogen) atoms. The first-order chi connectivity index (χ1) is 7.01. The molecule has 2 nitrogen and oxygen atoms in total. The van der Waals surface area contributed by atoms with Crippen molar-refractivity contribution in [1.29, 1.82) is 0 Å². The van der Waals surface area contributed by atoms with Crippen LogP contribution in [0, 0.1) is 0 Å². The molecule has 0 aromatic heterocycles. The molecule has 0 bridgehead atoms. The van der Waals surface area contributed by atoms with Crippen molar-refractivity contribution < 1.29 is 17.9 Å². The van der Waals surface area contributed by atoms with Crippen molar-refractivity contribution in [3.05, 3.63) is 29.8 Å². The van der Waals surface area contributed by atoms with Crippen LogP contribution in [0.25, 0.3) is 0 Å². The standard InChI is InChI=1S/C10H12F3NO/c11-10(12,13)15-9-5-1-3-8(7-9)4-2-6-14/h1,3,5,7H,2,4,6,14H2. The zero-order valence-electron chi connectivity index (χ0n) is 8.05. The number of benzene rings is 1. The molecule has 0 unspecified atom stereocenters. The van der Waals surface area contributed by atoms with E-state index in [0.717, 1.165) is 12.0 Å². The minimum atomic E-state index is -4.63. The topological polar surface area (TPSA) is 35.2 Å². The fraction of sp³-hybridized carbons (Fsp3) is 0.400. The Labute approximate surface area is 85.8 Å². The monoisotopic (exact) mass is 219 g/mol. The highest BCUT2D eigenvalue weighted by molar-refractivity contribution is 5.28. The van der Waals surface area contributed by atoms with Crippen LogP contribution in [0.1, 0.15) is 12.0 Å². The van der Waals surface area contributed by atoms with Gasteiger partial charge >= 0.3 is 6.36 Å². The maximum atomic E-state index is 11.9. The minimum Gasteiger partial charge on any atom is -0.406 e. The summed E-state index contributed by atoms with van der Waals surface area (Å²) in [4.78, 5) is 0. The van der Waals surface area contributed by atoms with E-state index >= 15 is 0 Å². The van der Waals surface area contributed by atoms with Gasteiger partial charge in [0, 0.05) is 0 Å². The van der Waals surface area contributed by atoms with Gasteiger partial charge in [0.1, 0.15) is 5.75 Å². The predicted molar refractivity (Wildman–Crippen MR) is 50.5 cm³/mol. The van der Waals surface area contributed by atoms with E-state index in [2.05, 4.69) is 4.74 Å². The van der Waals surface area contributed by atoms with Crippen LogP contribution in [-0.2, 0) is 6.42 Å². The summed E-state index contributed by atoms with van der Waals surface area (Å²) in [5, 5.41) is 0. The van der Waals surface area contributed by atoms with Gasteiger partial charge in [0.05, 0.1) is 0 Å². The summed E-state index contributed by atoms with van der Waals surface area (Å²) in [6, 6.07) is 5.94. The van der Waals surface area contributed by atoms with Crippen LogP contribution in [0.15, 0.2) is 24.3 Å². The summed E-state index contributed by atoms with van der Waals surface area (Å²) in [6.45, 7) is 0.518. The maximum Gasteiger partial charge on any atom is 0.573 e. The largest absolute Gasteiger partial charge is 0.573 e. The first-order valence-corrected chi connectivity index (χ1v) is 4.56. The van der Waals surface area contributed by atoms with Crippen molar-refractivity contribution in [3.63, 3.8) is 0 Å². The van der Waals surface area contributed by atoms with Crippen molar-refractivity contribution in [2.45, 2.75) is 19.2 Å². The van der Waals surface area contributed by atoms with Gasteiger partial charge in [0.25, 0.3) is 0 Å². The Kier molecular flexibility index (Phi) is 3.96. The molecule has 84 valence electrons. The second kappa shape index (κ2) is 5.02. The molecule has 0 aliphatic rings. The Morgan fingerprint density at radius 1 is 1.27 bits per heavy atom. The van der Waals surface area contributed by atoms with E-state index in [9.17, 15) is 13.2 Å². The molecule has 0 heterocycles. The number of ether oxygens (including phenoxy) is 1. The van der Waals surface area contributed by atoms with Gasteiger partial charge in [-0.1, -0.05) is 12.1 Å². The molecule has 0 spiro atoms. The third kappa shape index (κ3) is 4.69. The van der Waals surface area contributed by atoms with Gasteiger partial charge < -0.3 is 10.5 Å². The number of hydrogen-bond acceptors (Lipinski definition) is 2. The lowest BCUT2D eigenvalue weighted by atomic mass is 10.1. The molecule has 0 amide bonds. The van der Waals surface area contributed by atoms with E-state index in [1.165, 1.54) is 18.2 Å². The number of alkyl halides is 3. The molecule has 0 saturated heterocycles. The highest BCUT2D eigenvalue weighted by Gasteiger charge is 2.30. The van der Waals surface area contributed by atoms with Crippen molar-refractivity contribution in [2.75, 3.05) is 6.54 Å². The second-order valence-corrected chi connectivity index (χ2v) is 3.09. The molecule has 0 fully saturated rings. The van der Waals surface area contributed by atoms with Gasteiger partial charge in [0.15, 0.2) is 0 Å². The summed E-state index contributed by atoms with van der Waals surface area (Å²) >= 11 is 0. The van der Waals surface area contributed by atoms with E-state index < -0.39 is 6.36 Å². The fourth-order valence-electron chi connectivity index (χ4n) is 1.20. The van der Waals surface area contributed by atoms with Crippen molar-refractivity contribution in [3.8, 4) is 5.75 Å². The summed E-state index contributed by atoms with van der Waals surface area (Å²) in [5.41, 5.74) is 6.10. The quantitative estimate of drug-likeness (QED) is 0.844. The fourth-order valence-corrected chi connectivity index (χ4v) is 1.20. The Balaban J connectivity index is 2.66. The van der Waals surface area contributed by atoms with Gasteiger partial charge in [-0.3, -0.25) is 0 Å². The van der Waals surface area contributed by atoms with E-state index in [4.69, 9.17) is 5.73 Å². The van der Waals surface area contributed by atoms with Crippen LogP contribution in [0.5, 0.6) is 5.75 Å². The molecular formula is C10H12F3NO. The summed E-state index contributed by atoms with van der Waals surface area (Å²) in [5.74, 6) is -0.183. The molecule has 0 atom stereocenters. The van der Waals surface area contributed by atoms with Gasteiger partial charge in [-0.25, -0.2) is 0 Å². The van der Waals surface area contributed by atoms with Crippen molar-refractivity contribution in [1.82, 2.24) is 0 Å². The smallest absolute Gasteiger partial charge is 0.406 e. The molecule has 1 rings (SSSR count). The summed E-state index contributed by atoms with van der Waals surface area (Å²) < 4.78 is 39.4. The average Bonchev–Trinajstić information content (AvgIpc) is 2.12. The lowest BCUT2D eigenvalue weighted by molar-refractivity contribution is -0.274. The molecule has 0 radical (unpaired) electrons. The molecule has 1 aromatic carbocycles. The lowest BCUT2D eigenvalue weighted by Gasteiger charge is -2.09. The van der Waals surface area contributed by atoms with Gasteiger partial charge in [-0.2, -0.15) is 0 Å². The number of nitrogens with two attached hydrogens (primary N) is 1.